The zero-order valence-electron chi connectivity index (χ0n) is 15.7. The van der Waals surface area contributed by atoms with Crippen LogP contribution in [0.2, 0.25) is 0 Å². The summed E-state index contributed by atoms with van der Waals surface area (Å²) in [7, 11) is 3.49. The first kappa shape index (κ1) is 16.9. The molecule has 134 valence electrons. The summed E-state index contributed by atoms with van der Waals surface area (Å²) in [5, 5.41) is 9.65. The van der Waals surface area contributed by atoms with E-state index in [0.717, 1.165) is 27.6 Å². The third-order valence-corrected chi connectivity index (χ3v) is 5.08. The van der Waals surface area contributed by atoms with Crippen LogP contribution in [-0.2, 0) is 14.1 Å². The van der Waals surface area contributed by atoms with Crippen molar-refractivity contribution < 1.29 is 0 Å². The minimum absolute atomic E-state index is 0.0744. The van der Waals surface area contributed by atoms with Gasteiger partial charge in [-0.15, -0.1) is 0 Å². The summed E-state index contributed by atoms with van der Waals surface area (Å²) < 4.78 is 3.21. The SMILES string of the molecule is Cc1cc2nc(C(C#N)=Cc3ccc4c(c3)n(C)c(=O)n4C)[nH]c2cc1C. The fourth-order valence-corrected chi connectivity index (χ4v) is 3.33. The average molecular weight is 357 g/mol. The number of aromatic nitrogens is 4. The van der Waals surface area contributed by atoms with Crippen LogP contribution in [-0.4, -0.2) is 19.1 Å². The van der Waals surface area contributed by atoms with Gasteiger partial charge in [0.15, 0.2) is 0 Å². The normalized spacial score (nSPS) is 12.0. The highest BCUT2D eigenvalue weighted by Gasteiger charge is 2.11. The number of hydrogen-bond donors (Lipinski definition) is 1. The van der Waals surface area contributed by atoms with Crippen molar-refractivity contribution in [1.29, 1.82) is 5.26 Å². The first-order valence-corrected chi connectivity index (χ1v) is 8.63. The standard InChI is InChI=1S/C21H19N5O/c1-12-7-16-17(8-13(12)2)24-20(23-16)15(11-22)9-14-5-6-18-19(10-14)26(4)21(27)25(18)3/h5-10H,1-4H3,(H,23,24). The van der Waals surface area contributed by atoms with Crippen LogP contribution in [0.25, 0.3) is 33.7 Å². The number of hydrogen-bond acceptors (Lipinski definition) is 3. The maximum atomic E-state index is 12.1. The number of fused-ring (bicyclic) bond motifs is 2. The molecule has 1 N–H and O–H groups in total. The van der Waals surface area contributed by atoms with E-state index < -0.39 is 0 Å². The number of nitriles is 1. The third-order valence-electron chi connectivity index (χ3n) is 5.08. The predicted molar refractivity (Wildman–Crippen MR) is 107 cm³/mol. The summed E-state index contributed by atoms with van der Waals surface area (Å²) in [4.78, 5) is 19.9. The lowest BCUT2D eigenvalue weighted by atomic mass is 10.1. The minimum Gasteiger partial charge on any atom is -0.337 e. The molecule has 0 fully saturated rings. The highest BCUT2D eigenvalue weighted by atomic mass is 16.1. The molecule has 0 aliphatic carbocycles. The molecule has 0 unspecified atom stereocenters. The molecule has 2 heterocycles. The third kappa shape index (κ3) is 2.64. The first-order chi connectivity index (χ1) is 12.9. The van der Waals surface area contributed by atoms with Gasteiger partial charge in [-0.1, -0.05) is 6.07 Å². The molecular weight excluding hydrogens is 338 g/mol. The molecule has 0 saturated carbocycles. The van der Waals surface area contributed by atoms with Crippen molar-refractivity contribution in [3.63, 3.8) is 0 Å². The van der Waals surface area contributed by atoms with Gasteiger partial charge in [-0.3, -0.25) is 9.13 Å². The van der Waals surface area contributed by atoms with Crippen molar-refractivity contribution in [2.45, 2.75) is 13.8 Å². The highest BCUT2D eigenvalue weighted by Crippen LogP contribution is 2.23. The Kier molecular flexibility index (Phi) is 3.74. The van der Waals surface area contributed by atoms with Gasteiger partial charge in [-0.25, -0.2) is 9.78 Å². The van der Waals surface area contributed by atoms with E-state index in [2.05, 4.69) is 23.0 Å². The summed E-state index contributed by atoms with van der Waals surface area (Å²) in [5.41, 5.74) is 6.99. The number of benzene rings is 2. The number of allylic oxidation sites excluding steroid dienone is 1. The van der Waals surface area contributed by atoms with Crippen LogP contribution in [0.5, 0.6) is 0 Å². The Bertz CT molecular complexity index is 1300. The molecule has 0 spiro atoms. The summed E-state index contributed by atoms with van der Waals surface area (Å²) >= 11 is 0. The van der Waals surface area contributed by atoms with Crippen molar-refractivity contribution in [2.75, 3.05) is 0 Å². The predicted octanol–water partition coefficient (Wildman–Crippen LogP) is 3.43. The second-order valence-electron chi connectivity index (χ2n) is 6.86. The Hall–Kier alpha value is -3.59. The number of imidazole rings is 2. The quantitative estimate of drug-likeness (QED) is 0.558. The zero-order chi connectivity index (χ0) is 19.3. The lowest BCUT2D eigenvalue weighted by molar-refractivity contribution is 0.795. The van der Waals surface area contributed by atoms with Crippen LogP contribution in [0.15, 0.2) is 35.1 Å². The van der Waals surface area contributed by atoms with Gasteiger partial charge < -0.3 is 4.98 Å². The molecule has 0 saturated heterocycles. The van der Waals surface area contributed by atoms with E-state index in [9.17, 15) is 10.1 Å². The fourth-order valence-electron chi connectivity index (χ4n) is 3.33. The average Bonchev–Trinajstić information content (AvgIpc) is 3.15. The van der Waals surface area contributed by atoms with Gasteiger partial charge in [0.25, 0.3) is 0 Å². The van der Waals surface area contributed by atoms with E-state index in [4.69, 9.17) is 0 Å². The van der Waals surface area contributed by atoms with Gasteiger partial charge in [-0.2, -0.15) is 5.26 Å². The molecule has 6 nitrogen and oxygen atoms in total. The molecule has 6 heteroatoms. The topological polar surface area (TPSA) is 79.4 Å². The van der Waals surface area contributed by atoms with Crippen molar-refractivity contribution in [2.24, 2.45) is 14.1 Å². The van der Waals surface area contributed by atoms with E-state index in [1.165, 1.54) is 11.1 Å². The molecule has 2 aromatic heterocycles. The first-order valence-electron chi connectivity index (χ1n) is 8.63. The van der Waals surface area contributed by atoms with Crippen molar-refractivity contribution in [1.82, 2.24) is 19.1 Å². The summed E-state index contributed by atoms with van der Waals surface area (Å²) in [6, 6.07) is 12.0. The largest absolute Gasteiger partial charge is 0.337 e. The smallest absolute Gasteiger partial charge is 0.328 e. The van der Waals surface area contributed by atoms with E-state index in [1.54, 1.807) is 29.3 Å². The van der Waals surface area contributed by atoms with Crippen LogP contribution < -0.4 is 5.69 Å². The Morgan fingerprint density at radius 2 is 1.81 bits per heavy atom. The van der Waals surface area contributed by atoms with Crippen LogP contribution in [0.3, 0.4) is 0 Å². The number of nitrogens with zero attached hydrogens (tertiary/aromatic N) is 4. The molecule has 27 heavy (non-hydrogen) atoms. The zero-order valence-corrected chi connectivity index (χ0v) is 15.7. The summed E-state index contributed by atoms with van der Waals surface area (Å²) in [6.45, 7) is 4.10. The van der Waals surface area contributed by atoms with Gasteiger partial charge in [-0.05, 0) is 60.9 Å². The van der Waals surface area contributed by atoms with Crippen LogP contribution >= 0.6 is 0 Å². The minimum atomic E-state index is -0.0744. The van der Waals surface area contributed by atoms with Crippen LogP contribution in [0.1, 0.15) is 22.5 Å². The van der Waals surface area contributed by atoms with E-state index in [1.807, 2.05) is 37.3 Å². The number of nitrogens with one attached hydrogen (secondary N) is 1. The van der Waals surface area contributed by atoms with E-state index in [0.29, 0.717) is 11.4 Å². The Morgan fingerprint density at radius 3 is 2.56 bits per heavy atom. The Morgan fingerprint density at radius 1 is 1.11 bits per heavy atom. The maximum absolute atomic E-state index is 12.1. The van der Waals surface area contributed by atoms with Crippen LogP contribution in [0, 0.1) is 25.2 Å². The molecule has 0 radical (unpaired) electrons. The summed E-state index contributed by atoms with van der Waals surface area (Å²) in [5.74, 6) is 0.541. The van der Waals surface area contributed by atoms with Gasteiger partial charge in [0.2, 0.25) is 0 Å². The van der Waals surface area contributed by atoms with Crippen LogP contribution in [0.4, 0.5) is 0 Å². The van der Waals surface area contributed by atoms with Gasteiger partial charge in [0, 0.05) is 14.1 Å². The molecular formula is C21H19N5O. The maximum Gasteiger partial charge on any atom is 0.328 e. The lowest BCUT2D eigenvalue weighted by Gasteiger charge is -1.99. The highest BCUT2D eigenvalue weighted by molar-refractivity contribution is 5.92. The van der Waals surface area contributed by atoms with Gasteiger partial charge >= 0.3 is 5.69 Å². The fraction of sp³-hybridized carbons (Fsp3) is 0.190. The van der Waals surface area contributed by atoms with Gasteiger partial charge in [0.1, 0.15) is 11.9 Å². The molecule has 0 aliphatic rings. The lowest BCUT2D eigenvalue weighted by Crippen LogP contribution is -2.19. The Balaban J connectivity index is 1.84. The number of aryl methyl sites for hydroxylation is 4. The molecule has 0 bridgehead atoms. The molecule has 2 aromatic carbocycles. The van der Waals surface area contributed by atoms with Crippen molar-refractivity contribution >= 4 is 33.7 Å². The second-order valence-corrected chi connectivity index (χ2v) is 6.86. The van der Waals surface area contributed by atoms with Crippen molar-refractivity contribution in [3.8, 4) is 6.07 Å². The second kappa shape index (κ2) is 5.99. The van der Waals surface area contributed by atoms with E-state index >= 15 is 0 Å². The molecule has 4 rings (SSSR count). The molecule has 4 aromatic rings. The van der Waals surface area contributed by atoms with E-state index in [-0.39, 0.29) is 5.69 Å². The van der Waals surface area contributed by atoms with Gasteiger partial charge in [0.05, 0.1) is 27.6 Å². The number of aromatic amines is 1. The van der Waals surface area contributed by atoms with Crippen molar-refractivity contribution in [3.05, 3.63) is 63.3 Å². The number of H-pyrrole nitrogens is 1. The molecule has 0 atom stereocenters. The Labute approximate surface area is 156 Å². The monoisotopic (exact) mass is 357 g/mol. The molecule has 0 aliphatic heterocycles. The molecule has 0 amide bonds. The number of rotatable bonds is 2. The summed E-state index contributed by atoms with van der Waals surface area (Å²) in [6.07, 6.45) is 1.79.